The first-order valence-corrected chi connectivity index (χ1v) is 10.2. The molecule has 0 saturated carbocycles. The number of nitrogens with zero attached hydrogens (tertiary/aromatic N) is 2. The van der Waals surface area contributed by atoms with Crippen LogP contribution in [0.2, 0.25) is 0 Å². The van der Waals surface area contributed by atoms with Gasteiger partial charge in [0.1, 0.15) is 5.82 Å². The van der Waals surface area contributed by atoms with E-state index in [1.807, 2.05) is 12.1 Å². The number of imidazole rings is 1. The molecule has 0 saturated heterocycles. The number of fused-ring (bicyclic) bond motifs is 1. The number of aromatic nitrogens is 2. The second-order valence-electron chi connectivity index (χ2n) is 5.73. The van der Waals surface area contributed by atoms with E-state index < -0.39 is 0 Å². The molecule has 0 radical (unpaired) electrons. The predicted molar refractivity (Wildman–Crippen MR) is 116 cm³/mol. The lowest BCUT2D eigenvalue weighted by Crippen LogP contribution is -1.99. The average Bonchev–Trinajstić information content (AvgIpc) is 2.83. The zero-order chi connectivity index (χ0) is 17.4. The summed E-state index contributed by atoms with van der Waals surface area (Å²) >= 11 is 10.6. The van der Waals surface area contributed by atoms with Gasteiger partial charge in [-0.3, -0.25) is 4.57 Å². The van der Waals surface area contributed by atoms with Crippen LogP contribution in [0.5, 0.6) is 0 Å². The van der Waals surface area contributed by atoms with E-state index in [9.17, 15) is 0 Å². The standard InChI is InChI=1S/C20H13Br3N2/c21-14-2-1-3-17(10-8-14)25-19-11-9-16(23)12-18(19)24-20(25)13-4-6-15(22)7-5-13/h1-2,4-12H,3H2. The summed E-state index contributed by atoms with van der Waals surface area (Å²) in [5.41, 5.74) is 4.36. The third-order valence-corrected chi connectivity index (χ3v) is 5.60. The largest absolute Gasteiger partial charge is 0.296 e. The molecule has 1 aliphatic carbocycles. The topological polar surface area (TPSA) is 17.8 Å². The molecule has 0 N–H and O–H groups in total. The van der Waals surface area contributed by atoms with Crippen molar-refractivity contribution < 1.29 is 0 Å². The highest BCUT2D eigenvalue weighted by atomic mass is 79.9. The van der Waals surface area contributed by atoms with Crippen molar-refractivity contribution in [1.82, 2.24) is 9.55 Å². The minimum Gasteiger partial charge on any atom is -0.296 e. The Morgan fingerprint density at radius 1 is 0.880 bits per heavy atom. The highest BCUT2D eigenvalue weighted by Gasteiger charge is 2.16. The number of hydrogen-bond donors (Lipinski definition) is 0. The summed E-state index contributed by atoms with van der Waals surface area (Å²) in [6.07, 6.45) is 9.31. The highest BCUT2D eigenvalue weighted by Crippen LogP contribution is 2.32. The van der Waals surface area contributed by atoms with Gasteiger partial charge in [0.2, 0.25) is 0 Å². The molecule has 3 aromatic rings. The number of halogens is 3. The Bertz CT molecular complexity index is 1040. The van der Waals surface area contributed by atoms with Gasteiger partial charge in [-0.25, -0.2) is 4.98 Å². The van der Waals surface area contributed by atoms with Crippen molar-refractivity contribution >= 4 is 64.5 Å². The third kappa shape index (κ3) is 3.46. The van der Waals surface area contributed by atoms with E-state index in [0.717, 1.165) is 42.3 Å². The molecule has 0 spiro atoms. The maximum Gasteiger partial charge on any atom is 0.145 e. The summed E-state index contributed by atoms with van der Waals surface area (Å²) in [5.74, 6) is 0.951. The van der Waals surface area contributed by atoms with Gasteiger partial charge < -0.3 is 0 Å². The molecule has 0 aliphatic heterocycles. The summed E-state index contributed by atoms with van der Waals surface area (Å²) in [5, 5.41) is 0. The lowest BCUT2D eigenvalue weighted by Gasteiger charge is -2.12. The van der Waals surface area contributed by atoms with Crippen LogP contribution in [0.15, 0.2) is 80.2 Å². The van der Waals surface area contributed by atoms with Gasteiger partial charge in [0.25, 0.3) is 0 Å². The molecule has 0 bridgehead atoms. The maximum absolute atomic E-state index is 4.92. The fourth-order valence-corrected chi connectivity index (χ4v) is 3.83. The lowest BCUT2D eigenvalue weighted by molar-refractivity contribution is 1.08. The Balaban J connectivity index is 1.99. The van der Waals surface area contributed by atoms with Crippen LogP contribution in [0.25, 0.3) is 28.1 Å². The Morgan fingerprint density at radius 3 is 2.44 bits per heavy atom. The van der Waals surface area contributed by atoms with Crippen molar-refractivity contribution in [1.29, 1.82) is 0 Å². The van der Waals surface area contributed by atoms with E-state index >= 15 is 0 Å². The molecule has 1 aromatic heterocycles. The average molecular weight is 521 g/mol. The molecular formula is C20H13Br3N2. The van der Waals surface area contributed by atoms with E-state index in [1.165, 1.54) is 5.70 Å². The molecule has 0 atom stereocenters. The monoisotopic (exact) mass is 518 g/mol. The van der Waals surface area contributed by atoms with E-state index in [0.29, 0.717) is 0 Å². The quantitative estimate of drug-likeness (QED) is 0.346. The molecular weight excluding hydrogens is 508 g/mol. The van der Waals surface area contributed by atoms with Gasteiger partial charge in [-0.2, -0.15) is 0 Å². The summed E-state index contributed by atoms with van der Waals surface area (Å²) in [4.78, 5) is 4.92. The Kier molecular flexibility index (Phi) is 4.80. The van der Waals surface area contributed by atoms with Crippen LogP contribution >= 0.6 is 47.8 Å². The zero-order valence-electron chi connectivity index (χ0n) is 13.1. The van der Waals surface area contributed by atoms with E-state index in [4.69, 9.17) is 4.98 Å². The van der Waals surface area contributed by atoms with Crippen molar-refractivity contribution in [3.63, 3.8) is 0 Å². The van der Waals surface area contributed by atoms with Crippen LogP contribution < -0.4 is 0 Å². The zero-order valence-corrected chi connectivity index (χ0v) is 17.8. The molecule has 5 heteroatoms. The van der Waals surface area contributed by atoms with Gasteiger partial charge in [-0.05, 0) is 42.5 Å². The highest BCUT2D eigenvalue weighted by molar-refractivity contribution is 9.12. The maximum atomic E-state index is 4.92. The van der Waals surface area contributed by atoms with Crippen molar-refractivity contribution in [3.05, 3.63) is 80.2 Å². The summed E-state index contributed by atoms with van der Waals surface area (Å²) in [6.45, 7) is 0. The van der Waals surface area contributed by atoms with Crippen LogP contribution in [0, 0.1) is 0 Å². The van der Waals surface area contributed by atoms with Gasteiger partial charge in [-0.15, -0.1) is 0 Å². The predicted octanol–water partition coefficient (Wildman–Crippen LogP) is 7.31. The van der Waals surface area contributed by atoms with E-state index in [1.54, 1.807) is 0 Å². The van der Waals surface area contributed by atoms with Crippen LogP contribution in [0.1, 0.15) is 6.42 Å². The third-order valence-electron chi connectivity index (χ3n) is 4.05. The number of hydrogen-bond acceptors (Lipinski definition) is 1. The van der Waals surface area contributed by atoms with Crippen molar-refractivity contribution in [2.75, 3.05) is 0 Å². The molecule has 1 aliphatic rings. The molecule has 0 amide bonds. The van der Waals surface area contributed by atoms with Gasteiger partial charge in [0.15, 0.2) is 0 Å². The second-order valence-corrected chi connectivity index (χ2v) is 8.47. The Hall–Kier alpha value is -1.43. The first-order valence-electron chi connectivity index (χ1n) is 7.79. The van der Waals surface area contributed by atoms with Gasteiger partial charge >= 0.3 is 0 Å². The van der Waals surface area contributed by atoms with Gasteiger partial charge in [0.05, 0.1) is 11.0 Å². The van der Waals surface area contributed by atoms with Gasteiger partial charge in [0, 0.05) is 31.1 Å². The van der Waals surface area contributed by atoms with E-state index in [-0.39, 0.29) is 0 Å². The molecule has 25 heavy (non-hydrogen) atoms. The van der Waals surface area contributed by atoms with Crippen molar-refractivity contribution in [2.24, 2.45) is 0 Å². The minimum absolute atomic E-state index is 0.844. The summed E-state index contributed by atoms with van der Waals surface area (Å²) < 4.78 is 5.41. The molecule has 4 rings (SSSR count). The molecule has 1 heterocycles. The minimum atomic E-state index is 0.844. The fraction of sp³-hybridized carbons (Fsp3) is 0.0500. The first kappa shape index (κ1) is 17.0. The number of allylic oxidation sites excluding steroid dienone is 6. The molecule has 124 valence electrons. The molecule has 2 aromatic carbocycles. The van der Waals surface area contributed by atoms with Gasteiger partial charge in [-0.1, -0.05) is 72.1 Å². The fourth-order valence-electron chi connectivity index (χ4n) is 2.89. The lowest BCUT2D eigenvalue weighted by atomic mass is 10.2. The van der Waals surface area contributed by atoms with Crippen molar-refractivity contribution in [3.8, 4) is 11.4 Å². The van der Waals surface area contributed by atoms with Crippen LogP contribution in [0.4, 0.5) is 0 Å². The molecule has 0 fully saturated rings. The van der Waals surface area contributed by atoms with E-state index in [2.05, 4.69) is 107 Å². The molecule has 2 nitrogen and oxygen atoms in total. The van der Waals surface area contributed by atoms with Crippen LogP contribution in [-0.2, 0) is 0 Å². The number of rotatable bonds is 2. The second kappa shape index (κ2) is 7.06. The van der Waals surface area contributed by atoms with Crippen LogP contribution in [0.3, 0.4) is 0 Å². The smallest absolute Gasteiger partial charge is 0.145 e. The summed E-state index contributed by atoms with van der Waals surface area (Å²) in [6, 6.07) is 14.5. The normalized spacial score (nSPS) is 14.4. The first-order chi connectivity index (χ1) is 12.1. The van der Waals surface area contributed by atoms with Crippen molar-refractivity contribution in [2.45, 2.75) is 6.42 Å². The molecule has 0 unspecified atom stereocenters. The Morgan fingerprint density at radius 2 is 1.64 bits per heavy atom. The SMILES string of the molecule is BrC1=CC=C(n2c(-c3ccc(Br)cc3)nc3cc(Br)ccc32)CC=C1. The number of benzene rings is 2. The Labute approximate surface area is 171 Å². The summed E-state index contributed by atoms with van der Waals surface area (Å²) in [7, 11) is 0. The van der Waals surface area contributed by atoms with Crippen LogP contribution in [-0.4, -0.2) is 9.55 Å².